The zero-order valence-electron chi connectivity index (χ0n) is 12.3. The van der Waals surface area contributed by atoms with E-state index in [9.17, 15) is 0 Å². The molecule has 2 N–H and O–H groups in total. The zero-order chi connectivity index (χ0) is 16.1. The lowest BCUT2D eigenvalue weighted by molar-refractivity contribution is 0.415. The van der Waals surface area contributed by atoms with Crippen molar-refractivity contribution in [1.82, 2.24) is 0 Å². The molecule has 0 aliphatic heterocycles. The number of anilines is 1. The molecule has 0 spiro atoms. The average Bonchev–Trinajstić information content (AvgIpc) is 2.56. The van der Waals surface area contributed by atoms with Crippen molar-refractivity contribution in [3.63, 3.8) is 0 Å². The Balaban J connectivity index is 2.33. The van der Waals surface area contributed by atoms with Gasteiger partial charge in [-0.05, 0) is 29.8 Å². The van der Waals surface area contributed by atoms with Crippen molar-refractivity contribution in [2.75, 3.05) is 19.1 Å². The second-order valence-electron chi connectivity index (χ2n) is 4.56. The van der Waals surface area contributed by atoms with E-state index in [1.54, 1.807) is 29.5 Å². The largest absolute Gasteiger partial charge is 0.497 e. The first kappa shape index (κ1) is 16.3. The summed E-state index contributed by atoms with van der Waals surface area (Å²) in [5.41, 5.74) is 8.37. The molecule has 0 aliphatic carbocycles. The number of nitrogens with zero attached hydrogens (tertiary/aromatic N) is 2. The molecule has 4 nitrogen and oxygen atoms in total. The molecule has 0 atom stereocenters. The monoisotopic (exact) mass is 333 g/mol. The molecule has 2 rings (SSSR count). The minimum absolute atomic E-state index is 0.316. The van der Waals surface area contributed by atoms with E-state index in [1.165, 1.54) is 0 Å². The van der Waals surface area contributed by atoms with E-state index in [2.05, 4.69) is 4.99 Å². The van der Waals surface area contributed by atoms with Crippen LogP contribution in [0.25, 0.3) is 0 Å². The fourth-order valence-corrected chi connectivity index (χ4v) is 2.14. The lowest BCUT2D eigenvalue weighted by atomic mass is 10.2. The molecule has 0 heterocycles. The SMILES string of the molecule is COc1cccc(N(C)C(N)=Nc2cc(C=S)ccc2Cl)c1. The molecule has 0 aromatic heterocycles. The number of thiocarbonyl (C=S) groups is 1. The number of nitrogens with two attached hydrogens (primary N) is 1. The fourth-order valence-electron chi connectivity index (χ4n) is 1.84. The Morgan fingerprint density at radius 1 is 1.32 bits per heavy atom. The molecule has 114 valence electrons. The molecule has 22 heavy (non-hydrogen) atoms. The number of ether oxygens (including phenoxy) is 1. The van der Waals surface area contributed by atoms with E-state index in [0.29, 0.717) is 16.7 Å². The van der Waals surface area contributed by atoms with Gasteiger partial charge in [0.25, 0.3) is 0 Å². The van der Waals surface area contributed by atoms with Gasteiger partial charge in [-0.1, -0.05) is 36.0 Å². The summed E-state index contributed by atoms with van der Waals surface area (Å²) in [6, 6.07) is 12.9. The Morgan fingerprint density at radius 2 is 2.09 bits per heavy atom. The van der Waals surface area contributed by atoms with Crippen molar-refractivity contribution in [2.24, 2.45) is 10.7 Å². The maximum atomic E-state index is 6.15. The molecule has 0 saturated carbocycles. The number of guanidine groups is 1. The third kappa shape index (κ3) is 3.75. The van der Waals surface area contributed by atoms with E-state index in [-0.39, 0.29) is 0 Å². The van der Waals surface area contributed by atoms with Crippen LogP contribution in [-0.4, -0.2) is 25.5 Å². The van der Waals surface area contributed by atoms with Gasteiger partial charge in [-0.3, -0.25) is 0 Å². The van der Waals surface area contributed by atoms with E-state index in [0.717, 1.165) is 17.0 Å². The van der Waals surface area contributed by atoms with E-state index in [4.69, 9.17) is 34.3 Å². The first-order valence-electron chi connectivity index (χ1n) is 6.52. The van der Waals surface area contributed by atoms with Crippen molar-refractivity contribution in [3.8, 4) is 5.75 Å². The van der Waals surface area contributed by atoms with Gasteiger partial charge in [0.15, 0.2) is 0 Å². The first-order valence-corrected chi connectivity index (χ1v) is 7.36. The predicted octanol–water partition coefficient (Wildman–Crippen LogP) is 3.78. The molecule has 0 radical (unpaired) electrons. The third-order valence-electron chi connectivity index (χ3n) is 3.13. The summed E-state index contributed by atoms with van der Waals surface area (Å²) in [4.78, 5) is 6.13. The van der Waals surface area contributed by atoms with Crippen LogP contribution in [0.5, 0.6) is 5.75 Å². The van der Waals surface area contributed by atoms with Crippen LogP contribution in [0.15, 0.2) is 47.5 Å². The van der Waals surface area contributed by atoms with Crippen molar-refractivity contribution in [1.29, 1.82) is 0 Å². The van der Waals surface area contributed by atoms with Gasteiger partial charge in [0.2, 0.25) is 5.96 Å². The Kier molecular flexibility index (Phi) is 5.35. The summed E-state index contributed by atoms with van der Waals surface area (Å²) >= 11 is 11.1. The number of hydrogen-bond donors (Lipinski definition) is 1. The summed E-state index contributed by atoms with van der Waals surface area (Å²) in [5.74, 6) is 1.06. The highest BCUT2D eigenvalue weighted by Crippen LogP contribution is 2.26. The highest BCUT2D eigenvalue weighted by atomic mass is 35.5. The molecule has 0 unspecified atom stereocenters. The molecule has 6 heteroatoms. The lowest BCUT2D eigenvalue weighted by Gasteiger charge is -2.19. The number of methoxy groups -OCH3 is 1. The third-order valence-corrected chi connectivity index (χ3v) is 3.72. The second kappa shape index (κ2) is 7.24. The Bertz CT molecular complexity index is 718. The van der Waals surface area contributed by atoms with Crippen LogP contribution in [0.1, 0.15) is 5.56 Å². The Hall–Kier alpha value is -2.11. The molecule has 0 saturated heterocycles. The van der Waals surface area contributed by atoms with Crippen molar-refractivity contribution < 1.29 is 4.74 Å². The smallest absolute Gasteiger partial charge is 0.200 e. The number of benzene rings is 2. The highest BCUT2D eigenvalue weighted by Gasteiger charge is 2.08. The predicted molar refractivity (Wildman–Crippen MR) is 96.9 cm³/mol. The summed E-state index contributed by atoms with van der Waals surface area (Å²) in [6.07, 6.45) is 0. The standard InChI is InChI=1S/C16H16ClN3OS/c1-20(12-4-3-5-13(9-12)21-2)16(18)19-15-8-11(10-22)6-7-14(15)17/h3-10H,1-2H3,(H2,18,19). The van der Waals surface area contributed by atoms with Gasteiger partial charge in [0, 0.05) is 24.2 Å². The van der Waals surface area contributed by atoms with Crippen LogP contribution >= 0.6 is 23.8 Å². The van der Waals surface area contributed by atoms with E-state index in [1.807, 2.05) is 37.4 Å². The van der Waals surface area contributed by atoms with Crippen LogP contribution in [0.3, 0.4) is 0 Å². The molecule has 0 aliphatic rings. The highest BCUT2D eigenvalue weighted by molar-refractivity contribution is 7.79. The number of aliphatic imine (C=N–C) groups is 1. The number of rotatable bonds is 4. The average molecular weight is 334 g/mol. The molecule has 0 amide bonds. The van der Waals surface area contributed by atoms with Gasteiger partial charge < -0.3 is 15.4 Å². The Morgan fingerprint density at radius 3 is 2.77 bits per heavy atom. The normalized spacial score (nSPS) is 11.1. The van der Waals surface area contributed by atoms with Gasteiger partial charge in [-0.25, -0.2) is 4.99 Å². The quantitative estimate of drug-likeness (QED) is 0.525. The van der Waals surface area contributed by atoms with Crippen LogP contribution in [0, 0.1) is 0 Å². The van der Waals surface area contributed by atoms with Crippen molar-refractivity contribution in [3.05, 3.63) is 53.1 Å². The van der Waals surface area contributed by atoms with Gasteiger partial charge >= 0.3 is 0 Å². The first-order chi connectivity index (χ1) is 10.5. The van der Waals surface area contributed by atoms with E-state index < -0.39 is 0 Å². The summed E-state index contributed by atoms with van der Waals surface area (Å²) in [5, 5.41) is 2.08. The fraction of sp³-hybridized carbons (Fsp3) is 0.125. The minimum atomic E-state index is 0.316. The molecule has 0 bridgehead atoms. The van der Waals surface area contributed by atoms with Crippen LogP contribution < -0.4 is 15.4 Å². The van der Waals surface area contributed by atoms with Crippen LogP contribution in [0.2, 0.25) is 5.02 Å². The zero-order valence-corrected chi connectivity index (χ0v) is 13.9. The van der Waals surface area contributed by atoms with Gasteiger partial charge in [-0.2, -0.15) is 0 Å². The minimum Gasteiger partial charge on any atom is -0.497 e. The van der Waals surface area contributed by atoms with Gasteiger partial charge in [-0.15, -0.1) is 0 Å². The maximum absolute atomic E-state index is 6.15. The molecular weight excluding hydrogens is 318 g/mol. The van der Waals surface area contributed by atoms with Crippen LogP contribution in [0.4, 0.5) is 11.4 Å². The van der Waals surface area contributed by atoms with Crippen molar-refractivity contribution in [2.45, 2.75) is 0 Å². The lowest BCUT2D eigenvalue weighted by Crippen LogP contribution is -2.33. The maximum Gasteiger partial charge on any atom is 0.200 e. The topological polar surface area (TPSA) is 50.9 Å². The van der Waals surface area contributed by atoms with Gasteiger partial charge in [0.05, 0.1) is 17.8 Å². The molecule has 2 aromatic rings. The van der Waals surface area contributed by atoms with Crippen LogP contribution in [-0.2, 0) is 0 Å². The second-order valence-corrected chi connectivity index (χ2v) is 5.20. The molecule has 0 fully saturated rings. The molecule has 2 aromatic carbocycles. The van der Waals surface area contributed by atoms with E-state index >= 15 is 0 Å². The summed E-state index contributed by atoms with van der Waals surface area (Å²) in [6.45, 7) is 0. The number of hydrogen-bond acceptors (Lipinski definition) is 3. The summed E-state index contributed by atoms with van der Waals surface area (Å²) < 4.78 is 5.21. The summed E-state index contributed by atoms with van der Waals surface area (Å²) in [7, 11) is 3.44. The van der Waals surface area contributed by atoms with Gasteiger partial charge in [0.1, 0.15) is 5.75 Å². The molecular formula is C16H16ClN3OS. The number of halogens is 1. The van der Waals surface area contributed by atoms with Crippen molar-refractivity contribution >= 4 is 46.5 Å². The Labute approximate surface area is 140 Å².